The zero-order valence-corrected chi connectivity index (χ0v) is 15.7. The first kappa shape index (κ1) is 18.4. The van der Waals surface area contributed by atoms with E-state index in [4.69, 9.17) is 0 Å². The van der Waals surface area contributed by atoms with E-state index >= 15 is 0 Å². The fraction of sp³-hybridized carbons (Fsp3) is 0.421. The number of nitrogens with one attached hydrogen (secondary N) is 3. The summed E-state index contributed by atoms with van der Waals surface area (Å²) >= 11 is 1.20. The van der Waals surface area contributed by atoms with Gasteiger partial charge < -0.3 is 10.6 Å². The summed E-state index contributed by atoms with van der Waals surface area (Å²) in [6.45, 7) is 2.50. The zero-order valence-electron chi connectivity index (χ0n) is 14.9. The number of carbonyl (C=O) groups is 2. The van der Waals surface area contributed by atoms with Gasteiger partial charge in [-0.05, 0) is 37.8 Å². The van der Waals surface area contributed by atoms with Crippen molar-refractivity contribution in [3.05, 3.63) is 40.9 Å². The molecule has 0 bridgehead atoms. The predicted octanol–water partition coefficient (Wildman–Crippen LogP) is 4.41. The third kappa shape index (κ3) is 5.05. The van der Waals surface area contributed by atoms with Crippen molar-refractivity contribution in [2.45, 2.75) is 39.0 Å². The summed E-state index contributed by atoms with van der Waals surface area (Å²) in [6.07, 6.45) is 6.19. The number of thiazole rings is 1. The average molecular weight is 372 g/mol. The molecule has 0 atom stereocenters. The fourth-order valence-corrected chi connectivity index (χ4v) is 4.03. The van der Waals surface area contributed by atoms with Crippen molar-refractivity contribution in [2.75, 3.05) is 17.2 Å². The van der Waals surface area contributed by atoms with Crippen molar-refractivity contribution in [3.63, 3.8) is 0 Å². The number of aromatic nitrogens is 1. The van der Waals surface area contributed by atoms with Crippen LogP contribution >= 0.6 is 11.3 Å². The molecule has 3 N–H and O–H groups in total. The van der Waals surface area contributed by atoms with Crippen LogP contribution in [0, 0.1) is 12.8 Å². The van der Waals surface area contributed by atoms with Gasteiger partial charge >= 0.3 is 6.03 Å². The maximum Gasteiger partial charge on any atom is 0.325 e. The highest BCUT2D eigenvalue weighted by atomic mass is 32.1. The molecular formula is C19H24N4O2S. The van der Waals surface area contributed by atoms with E-state index in [1.54, 1.807) is 19.1 Å². The number of para-hydroxylation sites is 1. The van der Waals surface area contributed by atoms with Gasteiger partial charge in [0.05, 0.1) is 5.69 Å². The molecule has 1 saturated carbocycles. The van der Waals surface area contributed by atoms with Gasteiger partial charge in [0.1, 0.15) is 4.88 Å². The zero-order chi connectivity index (χ0) is 18.4. The lowest BCUT2D eigenvalue weighted by molar-refractivity contribution is 0.0947. The minimum absolute atomic E-state index is 0.109. The van der Waals surface area contributed by atoms with Crippen molar-refractivity contribution in [2.24, 2.45) is 5.92 Å². The van der Waals surface area contributed by atoms with Crippen molar-refractivity contribution in [3.8, 4) is 0 Å². The van der Waals surface area contributed by atoms with Crippen LogP contribution in [0.2, 0.25) is 0 Å². The Morgan fingerprint density at radius 1 is 1.12 bits per heavy atom. The number of hydrogen-bond acceptors (Lipinski definition) is 4. The summed E-state index contributed by atoms with van der Waals surface area (Å²) in [5.74, 6) is 0.470. The van der Waals surface area contributed by atoms with Crippen LogP contribution in [-0.4, -0.2) is 23.5 Å². The molecule has 3 amide bonds. The summed E-state index contributed by atoms with van der Waals surface area (Å²) in [5, 5.41) is 8.86. The Bertz CT molecular complexity index is 754. The van der Waals surface area contributed by atoms with Crippen molar-refractivity contribution in [1.82, 2.24) is 10.3 Å². The Morgan fingerprint density at radius 2 is 1.85 bits per heavy atom. The maximum absolute atomic E-state index is 12.4. The highest BCUT2D eigenvalue weighted by Gasteiger charge is 2.19. The second-order valence-corrected chi connectivity index (χ2v) is 7.59. The van der Waals surface area contributed by atoms with Gasteiger partial charge in [-0.2, -0.15) is 0 Å². The van der Waals surface area contributed by atoms with E-state index in [1.807, 2.05) is 18.2 Å². The van der Waals surface area contributed by atoms with Crippen LogP contribution in [0.5, 0.6) is 0 Å². The number of aryl methyl sites for hydroxylation is 1. The summed E-state index contributed by atoms with van der Waals surface area (Å²) < 4.78 is 0. The number of urea groups is 1. The monoisotopic (exact) mass is 372 g/mol. The Kier molecular flexibility index (Phi) is 6.22. The molecule has 138 valence electrons. The lowest BCUT2D eigenvalue weighted by Crippen LogP contribution is -2.30. The van der Waals surface area contributed by atoms with Gasteiger partial charge in [-0.3, -0.25) is 10.1 Å². The number of anilines is 2. The smallest absolute Gasteiger partial charge is 0.325 e. The molecule has 1 heterocycles. The molecule has 0 aliphatic heterocycles. The van der Waals surface area contributed by atoms with Crippen LogP contribution in [0.1, 0.15) is 47.5 Å². The fourth-order valence-electron chi connectivity index (χ4n) is 3.15. The Hall–Kier alpha value is -2.41. The number of hydrogen-bond donors (Lipinski definition) is 3. The highest BCUT2D eigenvalue weighted by Crippen LogP contribution is 2.25. The molecule has 6 nitrogen and oxygen atoms in total. The van der Waals surface area contributed by atoms with Crippen molar-refractivity contribution < 1.29 is 9.59 Å². The summed E-state index contributed by atoms with van der Waals surface area (Å²) in [4.78, 5) is 29.3. The molecule has 3 rings (SSSR count). The lowest BCUT2D eigenvalue weighted by Gasteiger charge is -2.21. The topological polar surface area (TPSA) is 83.1 Å². The lowest BCUT2D eigenvalue weighted by atomic mass is 9.89. The van der Waals surface area contributed by atoms with Gasteiger partial charge in [0.15, 0.2) is 5.13 Å². The summed E-state index contributed by atoms with van der Waals surface area (Å²) in [7, 11) is 0. The SMILES string of the molecule is Cc1nc(NC(=O)Nc2ccccc2)sc1C(=O)NCC1CCCCC1. The molecule has 1 aliphatic rings. The van der Waals surface area contributed by atoms with Crippen LogP contribution in [0.25, 0.3) is 0 Å². The number of benzene rings is 1. The van der Waals surface area contributed by atoms with E-state index in [1.165, 1.54) is 43.4 Å². The molecule has 0 radical (unpaired) electrons. The molecule has 0 unspecified atom stereocenters. The first-order valence-electron chi connectivity index (χ1n) is 9.00. The van der Waals surface area contributed by atoms with Gasteiger partial charge in [0, 0.05) is 12.2 Å². The Labute approximate surface area is 157 Å². The molecule has 0 saturated heterocycles. The van der Waals surface area contributed by atoms with Crippen LogP contribution in [0.15, 0.2) is 30.3 Å². The molecule has 1 fully saturated rings. The largest absolute Gasteiger partial charge is 0.351 e. The highest BCUT2D eigenvalue weighted by molar-refractivity contribution is 7.17. The molecule has 2 aromatic rings. The second-order valence-electron chi connectivity index (χ2n) is 6.59. The summed E-state index contributed by atoms with van der Waals surface area (Å²) in [6, 6.07) is 8.80. The number of carbonyl (C=O) groups excluding carboxylic acids is 2. The van der Waals surface area contributed by atoms with E-state index in [0.717, 1.165) is 0 Å². The van der Waals surface area contributed by atoms with Gasteiger partial charge in [-0.15, -0.1) is 0 Å². The van der Waals surface area contributed by atoms with Gasteiger partial charge in [0.25, 0.3) is 5.91 Å². The number of rotatable bonds is 5. The second kappa shape index (κ2) is 8.80. The van der Waals surface area contributed by atoms with Crippen LogP contribution in [-0.2, 0) is 0 Å². The predicted molar refractivity (Wildman–Crippen MR) is 105 cm³/mol. The minimum Gasteiger partial charge on any atom is -0.351 e. The standard InChI is InChI=1S/C19H24N4O2S/c1-13-16(17(24)20-12-14-8-4-2-5-9-14)26-19(21-13)23-18(25)22-15-10-6-3-7-11-15/h3,6-7,10-11,14H,2,4-5,8-9,12H2,1H3,(H,20,24)(H2,21,22,23,25). The third-order valence-electron chi connectivity index (χ3n) is 4.53. The first-order valence-corrected chi connectivity index (χ1v) is 9.82. The van der Waals surface area contributed by atoms with Crippen LogP contribution in [0.3, 0.4) is 0 Å². The van der Waals surface area contributed by atoms with E-state index in [-0.39, 0.29) is 11.9 Å². The van der Waals surface area contributed by atoms with E-state index in [0.29, 0.717) is 33.9 Å². The van der Waals surface area contributed by atoms with Gasteiger partial charge in [-0.1, -0.05) is 48.8 Å². The molecule has 1 aromatic carbocycles. The third-order valence-corrected chi connectivity index (χ3v) is 5.60. The van der Waals surface area contributed by atoms with E-state index in [2.05, 4.69) is 20.9 Å². The average Bonchev–Trinajstić information content (AvgIpc) is 3.01. The van der Waals surface area contributed by atoms with Crippen LogP contribution < -0.4 is 16.0 Å². The molecule has 0 spiro atoms. The molecular weight excluding hydrogens is 348 g/mol. The van der Waals surface area contributed by atoms with Crippen molar-refractivity contribution >= 4 is 34.1 Å². The molecule has 1 aromatic heterocycles. The van der Waals surface area contributed by atoms with Gasteiger partial charge in [0.2, 0.25) is 0 Å². The minimum atomic E-state index is -0.376. The summed E-state index contributed by atoms with van der Waals surface area (Å²) in [5.41, 5.74) is 1.33. The number of amides is 3. The number of nitrogens with zero attached hydrogens (tertiary/aromatic N) is 1. The molecule has 1 aliphatic carbocycles. The van der Waals surface area contributed by atoms with Crippen molar-refractivity contribution in [1.29, 1.82) is 0 Å². The first-order chi connectivity index (χ1) is 12.6. The Morgan fingerprint density at radius 3 is 2.58 bits per heavy atom. The quantitative estimate of drug-likeness (QED) is 0.727. The van der Waals surface area contributed by atoms with E-state index < -0.39 is 0 Å². The Balaban J connectivity index is 1.54. The normalized spacial score (nSPS) is 14.7. The maximum atomic E-state index is 12.4. The van der Waals surface area contributed by atoms with Crippen LogP contribution in [0.4, 0.5) is 15.6 Å². The van der Waals surface area contributed by atoms with E-state index in [9.17, 15) is 9.59 Å². The molecule has 7 heteroatoms. The van der Waals surface area contributed by atoms with Gasteiger partial charge in [-0.25, -0.2) is 9.78 Å². The molecule has 26 heavy (non-hydrogen) atoms.